The van der Waals surface area contributed by atoms with Crippen molar-refractivity contribution in [3.05, 3.63) is 99.5 Å². The molecular formula is C28H30BrClN2O3. The molecule has 2 amide bonds. The fourth-order valence-corrected chi connectivity index (χ4v) is 4.16. The van der Waals surface area contributed by atoms with Gasteiger partial charge in [0.2, 0.25) is 5.91 Å². The van der Waals surface area contributed by atoms with Crippen LogP contribution in [0.25, 0.3) is 0 Å². The number of nitrogens with one attached hydrogen (secondary N) is 1. The van der Waals surface area contributed by atoms with Gasteiger partial charge in [0.1, 0.15) is 11.8 Å². The first-order chi connectivity index (χ1) is 16.9. The third kappa shape index (κ3) is 8.41. The highest BCUT2D eigenvalue weighted by molar-refractivity contribution is 9.10. The number of benzene rings is 3. The maximum Gasteiger partial charge on any atom is 0.261 e. The van der Waals surface area contributed by atoms with Gasteiger partial charge in [0.15, 0.2) is 6.61 Å². The van der Waals surface area contributed by atoms with Crippen molar-refractivity contribution in [2.75, 3.05) is 6.61 Å². The van der Waals surface area contributed by atoms with Gasteiger partial charge in [-0.1, -0.05) is 76.9 Å². The van der Waals surface area contributed by atoms with Gasteiger partial charge in [-0.05, 0) is 60.9 Å². The van der Waals surface area contributed by atoms with Crippen LogP contribution in [-0.4, -0.2) is 35.4 Å². The number of ether oxygens (including phenoxy) is 1. The Morgan fingerprint density at radius 1 is 1.00 bits per heavy atom. The molecule has 0 spiro atoms. The number of rotatable bonds is 11. The second kappa shape index (κ2) is 13.3. The Morgan fingerprint density at radius 3 is 2.34 bits per heavy atom. The number of carbonyl (C=O) groups excluding carboxylic acids is 2. The van der Waals surface area contributed by atoms with E-state index in [-0.39, 0.29) is 31.0 Å². The molecule has 0 radical (unpaired) electrons. The minimum absolute atomic E-state index is 0.00564. The summed E-state index contributed by atoms with van der Waals surface area (Å²) in [5.74, 6) is 0.0759. The lowest BCUT2D eigenvalue weighted by Gasteiger charge is -2.32. The van der Waals surface area contributed by atoms with Gasteiger partial charge in [0.25, 0.3) is 5.91 Å². The number of hydrogen-bond acceptors (Lipinski definition) is 3. The van der Waals surface area contributed by atoms with E-state index in [1.54, 1.807) is 29.2 Å². The van der Waals surface area contributed by atoms with Crippen LogP contribution >= 0.6 is 27.5 Å². The molecule has 0 aliphatic rings. The number of hydrogen-bond donors (Lipinski definition) is 1. The van der Waals surface area contributed by atoms with Crippen molar-refractivity contribution in [3.8, 4) is 5.75 Å². The Morgan fingerprint density at radius 2 is 1.69 bits per heavy atom. The van der Waals surface area contributed by atoms with Crippen molar-refractivity contribution in [2.45, 2.75) is 45.3 Å². The van der Waals surface area contributed by atoms with E-state index >= 15 is 0 Å². The highest BCUT2D eigenvalue weighted by Gasteiger charge is 2.31. The molecule has 0 aliphatic heterocycles. The molecule has 0 aliphatic carbocycles. The first-order valence-electron chi connectivity index (χ1n) is 11.6. The quantitative estimate of drug-likeness (QED) is 0.313. The summed E-state index contributed by atoms with van der Waals surface area (Å²) < 4.78 is 6.66. The van der Waals surface area contributed by atoms with Gasteiger partial charge in [-0.2, -0.15) is 0 Å². The molecular weight excluding hydrogens is 528 g/mol. The lowest BCUT2D eigenvalue weighted by Crippen LogP contribution is -2.53. The van der Waals surface area contributed by atoms with E-state index in [2.05, 4.69) is 21.2 Å². The average Bonchev–Trinajstić information content (AvgIpc) is 2.86. The first-order valence-corrected chi connectivity index (χ1v) is 12.8. The van der Waals surface area contributed by atoms with Gasteiger partial charge >= 0.3 is 0 Å². The van der Waals surface area contributed by atoms with E-state index in [9.17, 15) is 9.59 Å². The van der Waals surface area contributed by atoms with Gasteiger partial charge < -0.3 is 15.0 Å². The molecule has 1 N–H and O–H groups in total. The number of carbonyl (C=O) groups is 2. The van der Waals surface area contributed by atoms with E-state index in [4.69, 9.17) is 16.3 Å². The third-order valence-electron chi connectivity index (χ3n) is 5.69. The summed E-state index contributed by atoms with van der Waals surface area (Å²) in [6.07, 6.45) is 1.19. The predicted molar refractivity (Wildman–Crippen MR) is 143 cm³/mol. The Bertz CT molecular complexity index is 1110. The Hall–Kier alpha value is -2.83. The molecule has 35 heavy (non-hydrogen) atoms. The number of halogens is 2. The topological polar surface area (TPSA) is 58.6 Å². The van der Waals surface area contributed by atoms with Crippen molar-refractivity contribution in [1.82, 2.24) is 10.2 Å². The Kier molecular flexibility index (Phi) is 10.2. The van der Waals surface area contributed by atoms with Crippen LogP contribution in [0.3, 0.4) is 0 Å². The van der Waals surface area contributed by atoms with Gasteiger partial charge in [0.05, 0.1) is 0 Å². The van der Waals surface area contributed by atoms with E-state index in [1.807, 2.05) is 68.4 Å². The van der Waals surface area contributed by atoms with Crippen LogP contribution in [0.4, 0.5) is 0 Å². The normalized spacial score (nSPS) is 12.5. The number of nitrogens with zero attached hydrogens (tertiary/aromatic N) is 1. The summed E-state index contributed by atoms with van der Waals surface area (Å²) in [5.41, 5.74) is 1.89. The lowest BCUT2D eigenvalue weighted by atomic mass is 10.0. The van der Waals surface area contributed by atoms with Gasteiger partial charge in [-0.3, -0.25) is 9.59 Å². The van der Waals surface area contributed by atoms with Crippen LogP contribution in [-0.2, 0) is 22.6 Å². The summed E-state index contributed by atoms with van der Waals surface area (Å²) in [6, 6.07) is 23.6. The van der Waals surface area contributed by atoms with Gasteiger partial charge in [0, 0.05) is 28.5 Å². The van der Waals surface area contributed by atoms with Crippen molar-refractivity contribution < 1.29 is 14.3 Å². The minimum Gasteiger partial charge on any atom is -0.484 e. The fourth-order valence-electron chi connectivity index (χ4n) is 3.59. The molecule has 5 nitrogen and oxygen atoms in total. The van der Waals surface area contributed by atoms with Crippen molar-refractivity contribution in [2.24, 2.45) is 0 Å². The second-order valence-electron chi connectivity index (χ2n) is 8.42. The lowest BCUT2D eigenvalue weighted by molar-refractivity contribution is -0.143. The summed E-state index contributed by atoms with van der Waals surface area (Å²) in [7, 11) is 0. The molecule has 0 fully saturated rings. The monoisotopic (exact) mass is 556 g/mol. The molecule has 3 aromatic carbocycles. The van der Waals surface area contributed by atoms with E-state index < -0.39 is 6.04 Å². The summed E-state index contributed by atoms with van der Waals surface area (Å²) in [5, 5.41) is 3.65. The zero-order valence-electron chi connectivity index (χ0n) is 19.9. The van der Waals surface area contributed by atoms with E-state index in [0.29, 0.717) is 17.2 Å². The summed E-state index contributed by atoms with van der Waals surface area (Å²) in [4.78, 5) is 28.6. The number of amides is 2. The van der Waals surface area contributed by atoms with Crippen LogP contribution in [0.5, 0.6) is 5.75 Å². The van der Waals surface area contributed by atoms with Crippen LogP contribution in [0.15, 0.2) is 83.3 Å². The van der Waals surface area contributed by atoms with Crippen LogP contribution in [0.2, 0.25) is 5.02 Å². The van der Waals surface area contributed by atoms with Crippen molar-refractivity contribution >= 4 is 39.3 Å². The molecule has 0 aromatic heterocycles. The molecule has 0 saturated carbocycles. The highest BCUT2D eigenvalue weighted by Crippen LogP contribution is 2.19. The molecule has 0 bridgehead atoms. The average molecular weight is 558 g/mol. The molecule has 7 heteroatoms. The Balaban J connectivity index is 1.90. The maximum absolute atomic E-state index is 13.5. The van der Waals surface area contributed by atoms with E-state index in [1.165, 1.54) is 0 Å². The molecule has 3 rings (SSSR count). The van der Waals surface area contributed by atoms with Crippen LogP contribution in [0, 0.1) is 0 Å². The minimum atomic E-state index is -0.702. The zero-order valence-corrected chi connectivity index (χ0v) is 22.3. The van der Waals surface area contributed by atoms with Crippen LogP contribution < -0.4 is 10.1 Å². The first kappa shape index (κ1) is 26.8. The largest absolute Gasteiger partial charge is 0.484 e. The molecule has 2 atom stereocenters. The fraction of sp³-hybridized carbons (Fsp3) is 0.286. The zero-order chi connectivity index (χ0) is 25.2. The smallest absolute Gasteiger partial charge is 0.261 e. The van der Waals surface area contributed by atoms with E-state index in [0.717, 1.165) is 22.0 Å². The molecule has 0 heterocycles. The summed E-state index contributed by atoms with van der Waals surface area (Å²) in [6.45, 7) is 4.05. The maximum atomic E-state index is 13.5. The summed E-state index contributed by atoms with van der Waals surface area (Å²) >= 11 is 9.46. The van der Waals surface area contributed by atoms with Gasteiger partial charge in [-0.25, -0.2) is 0 Å². The highest BCUT2D eigenvalue weighted by atomic mass is 79.9. The second-order valence-corrected chi connectivity index (χ2v) is 9.77. The predicted octanol–water partition coefficient (Wildman–Crippen LogP) is 6.04. The van der Waals surface area contributed by atoms with Crippen molar-refractivity contribution in [1.29, 1.82) is 0 Å². The standard InChI is InChI=1S/C28H30BrClN2O3/c1-3-20(2)31-28(34)26(17-21-8-5-4-6-9-21)32(18-22-10-7-11-23(29)16-22)27(33)19-35-25-14-12-24(30)13-15-25/h4-16,20,26H,3,17-19H2,1-2H3,(H,31,34). The third-order valence-corrected chi connectivity index (χ3v) is 6.44. The molecule has 3 aromatic rings. The van der Waals surface area contributed by atoms with Gasteiger partial charge in [-0.15, -0.1) is 0 Å². The molecule has 184 valence electrons. The SMILES string of the molecule is CCC(C)NC(=O)C(Cc1ccccc1)N(Cc1cccc(Br)c1)C(=O)COc1ccc(Cl)cc1. The molecule has 0 saturated heterocycles. The molecule has 2 unspecified atom stereocenters. The van der Waals surface area contributed by atoms with Crippen LogP contribution in [0.1, 0.15) is 31.4 Å². The van der Waals surface area contributed by atoms with Crippen molar-refractivity contribution in [3.63, 3.8) is 0 Å². The Labute approximate surface area is 220 Å².